The first-order valence-electron chi connectivity index (χ1n) is 10.6. The fourth-order valence-corrected chi connectivity index (χ4v) is 3.12. The number of allylic oxidation sites excluding steroid dienone is 2. The monoisotopic (exact) mass is 445 g/mol. The minimum absolute atomic E-state index is 0.126. The summed E-state index contributed by atoms with van der Waals surface area (Å²) in [7, 11) is 2.69. The number of rotatable bonds is 6. The molecule has 0 saturated heterocycles. The third-order valence-electron chi connectivity index (χ3n) is 5.10. The lowest BCUT2D eigenvalue weighted by Crippen LogP contribution is -2.09. The Morgan fingerprint density at radius 1 is 1.09 bits per heavy atom. The van der Waals surface area contributed by atoms with Crippen LogP contribution in [0.4, 0.5) is 8.92 Å². The molecule has 176 valence electrons. The van der Waals surface area contributed by atoms with Gasteiger partial charge in [0.05, 0.1) is 7.11 Å². The number of ketones is 1. The van der Waals surface area contributed by atoms with E-state index >= 15 is 0 Å². The third kappa shape index (κ3) is 11.1. The normalized spacial score (nSPS) is 11.2. The summed E-state index contributed by atoms with van der Waals surface area (Å²) in [6.07, 6.45) is 3.78. The van der Waals surface area contributed by atoms with Crippen molar-refractivity contribution < 1.29 is 18.7 Å². The number of carbonyl (C=O) groups is 1. The quantitative estimate of drug-likeness (QED) is 0.441. The summed E-state index contributed by atoms with van der Waals surface area (Å²) in [5.74, 6) is -0.0475. The van der Waals surface area contributed by atoms with Crippen LogP contribution in [0, 0.1) is 33.5 Å². The van der Waals surface area contributed by atoms with Gasteiger partial charge in [-0.1, -0.05) is 42.0 Å². The summed E-state index contributed by atoms with van der Waals surface area (Å²) in [6.45, 7) is 11.7. The summed E-state index contributed by atoms with van der Waals surface area (Å²) in [5.41, 5.74) is 7.68. The van der Waals surface area contributed by atoms with Crippen LogP contribution in [-0.2, 0) is 16.2 Å². The molecule has 0 aliphatic heterocycles. The second-order valence-corrected chi connectivity index (χ2v) is 7.63. The standard InChI is InChI=1S/C17H22FNO.C9H12.CH3FO/c1-5-14(11-12(2)20)17(19-4)10-9-15-7-6-8-16(18)13(15)3;1-7-4-5-8(2)9(3)6-7;1-3-2/h5-8H,9-11H2,1-4H3;4-6H,1-3H3;1H3/b14-5-,19-17?;;. The summed E-state index contributed by atoms with van der Waals surface area (Å²) in [6, 6.07) is 11.6. The van der Waals surface area contributed by atoms with Crippen molar-refractivity contribution in [3.05, 3.63) is 81.7 Å². The van der Waals surface area contributed by atoms with E-state index in [0.29, 0.717) is 18.4 Å². The van der Waals surface area contributed by atoms with E-state index < -0.39 is 0 Å². The van der Waals surface area contributed by atoms with Gasteiger partial charge in [-0.05, 0) is 92.8 Å². The first-order valence-corrected chi connectivity index (χ1v) is 10.6. The van der Waals surface area contributed by atoms with E-state index in [4.69, 9.17) is 0 Å². The molecule has 0 fully saturated rings. The Kier molecular flexibility index (Phi) is 14.7. The van der Waals surface area contributed by atoms with Gasteiger partial charge in [-0.3, -0.25) is 9.79 Å². The number of aryl methyl sites for hydroxylation is 4. The van der Waals surface area contributed by atoms with Crippen LogP contribution in [0.15, 0.2) is 53.0 Å². The second-order valence-electron chi connectivity index (χ2n) is 7.63. The predicted molar refractivity (Wildman–Crippen MR) is 131 cm³/mol. The SMILES string of the molecule is C/C=C(/CC(C)=O)C(CCc1cccc(F)c1C)=NC.COF.Cc1ccc(C)c(C)c1. The van der Waals surface area contributed by atoms with Crippen LogP contribution >= 0.6 is 0 Å². The molecule has 0 aromatic heterocycles. The molecule has 2 aromatic carbocycles. The average Bonchev–Trinajstić information content (AvgIpc) is 2.74. The van der Waals surface area contributed by atoms with Gasteiger partial charge in [0, 0.05) is 19.2 Å². The molecule has 0 saturated carbocycles. The van der Waals surface area contributed by atoms with Gasteiger partial charge in [0.2, 0.25) is 0 Å². The summed E-state index contributed by atoms with van der Waals surface area (Å²) in [4.78, 5) is 18.3. The van der Waals surface area contributed by atoms with Gasteiger partial charge in [0.15, 0.2) is 0 Å². The Hall–Kier alpha value is -2.66. The molecule has 0 bridgehead atoms. The van der Waals surface area contributed by atoms with Gasteiger partial charge >= 0.3 is 0 Å². The van der Waals surface area contributed by atoms with E-state index in [1.54, 1.807) is 27.0 Å². The molecule has 0 aliphatic carbocycles. The Labute approximate surface area is 192 Å². The average molecular weight is 446 g/mol. The topological polar surface area (TPSA) is 38.7 Å². The Morgan fingerprint density at radius 2 is 1.72 bits per heavy atom. The van der Waals surface area contributed by atoms with E-state index in [1.807, 2.05) is 19.1 Å². The molecular formula is C27H37F2NO2. The van der Waals surface area contributed by atoms with Gasteiger partial charge < -0.3 is 0 Å². The maximum atomic E-state index is 13.5. The van der Waals surface area contributed by atoms with Gasteiger partial charge in [-0.2, -0.15) is 4.94 Å². The van der Waals surface area contributed by atoms with E-state index in [9.17, 15) is 13.7 Å². The van der Waals surface area contributed by atoms with Crippen molar-refractivity contribution in [1.82, 2.24) is 0 Å². The molecule has 0 atom stereocenters. The van der Waals surface area contributed by atoms with Crippen LogP contribution in [0.3, 0.4) is 0 Å². The lowest BCUT2D eigenvalue weighted by Gasteiger charge is -2.11. The molecule has 0 aliphatic rings. The third-order valence-corrected chi connectivity index (χ3v) is 5.10. The molecule has 2 aromatic rings. The molecule has 0 radical (unpaired) electrons. The lowest BCUT2D eigenvalue weighted by atomic mass is 9.96. The molecule has 0 spiro atoms. The maximum Gasteiger partial charge on any atom is 0.134 e. The number of halogens is 2. The van der Waals surface area contributed by atoms with Crippen molar-refractivity contribution in [2.24, 2.45) is 4.99 Å². The highest BCUT2D eigenvalue weighted by Gasteiger charge is 2.10. The number of nitrogens with zero attached hydrogens (tertiary/aromatic N) is 1. The molecule has 0 heterocycles. The highest BCUT2D eigenvalue weighted by atomic mass is 19.3. The summed E-state index contributed by atoms with van der Waals surface area (Å²) in [5, 5.41) is 0. The van der Waals surface area contributed by atoms with Crippen LogP contribution in [0.2, 0.25) is 0 Å². The maximum absolute atomic E-state index is 13.5. The van der Waals surface area contributed by atoms with E-state index in [2.05, 4.69) is 48.9 Å². The zero-order valence-electron chi connectivity index (χ0n) is 20.7. The molecular weight excluding hydrogens is 408 g/mol. The largest absolute Gasteiger partial charge is 0.300 e. The highest BCUT2D eigenvalue weighted by molar-refractivity contribution is 6.03. The first kappa shape index (κ1) is 29.3. The minimum atomic E-state index is -0.174. The van der Waals surface area contributed by atoms with Gasteiger partial charge in [-0.25, -0.2) is 4.39 Å². The lowest BCUT2D eigenvalue weighted by molar-refractivity contribution is -0.116. The number of aliphatic imine (C=N–C) groups is 1. The Bertz CT molecular complexity index is 918. The molecule has 0 amide bonds. The van der Waals surface area contributed by atoms with Crippen LogP contribution in [0.25, 0.3) is 0 Å². The van der Waals surface area contributed by atoms with Crippen LogP contribution in [-0.4, -0.2) is 25.7 Å². The van der Waals surface area contributed by atoms with E-state index in [0.717, 1.165) is 30.4 Å². The Balaban J connectivity index is 0.000000659. The van der Waals surface area contributed by atoms with Gasteiger partial charge in [-0.15, -0.1) is 0 Å². The van der Waals surface area contributed by atoms with Crippen LogP contribution in [0.1, 0.15) is 54.5 Å². The highest BCUT2D eigenvalue weighted by Crippen LogP contribution is 2.17. The number of hydrogen-bond acceptors (Lipinski definition) is 3. The fraction of sp³-hybridized carbons (Fsp3) is 0.407. The molecule has 0 N–H and O–H groups in total. The summed E-state index contributed by atoms with van der Waals surface area (Å²) >= 11 is 0. The van der Waals surface area contributed by atoms with Crippen molar-refractivity contribution in [2.45, 2.75) is 60.8 Å². The van der Waals surface area contributed by atoms with Crippen LogP contribution < -0.4 is 0 Å². The smallest absolute Gasteiger partial charge is 0.134 e. The number of benzene rings is 2. The number of hydrogen-bond donors (Lipinski definition) is 0. The van der Waals surface area contributed by atoms with Crippen molar-refractivity contribution in [2.75, 3.05) is 14.2 Å². The van der Waals surface area contributed by atoms with Crippen molar-refractivity contribution >= 4 is 11.5 Å². The van der Waals surface area contributed by atoms with Crippen molar-refractivity contribution in [3.8, 4) is 0 Å². The Morgan fingerprint density at radius 3 is 2.19 bits per heavy atom. The van der Waals surface area contributed by atoms with E-state index in [-0.39, 0.29) is 11.6 Å². The zero-order valence-corrected chi connectivity index (χ0v) is 20.7. The zero-order chi connectivity index (χ0) is 24.7. The summed E-state index contributed by atoms with van der Waals surface area (Å²) < 4.78 is 23.3. The molecule has 2 rings (SSSR count). The van der Waals surface area contributed by atoms with Crippen molar-refractivity contribution in [3.63, 3.8) is 0 Å². The molecule has 3 nitrogen and oxygen atoms in total. The molecule has 0 unspecified atom stereocenters. The first-order chi connectivity index (χ1) is 15.1. The van der Waals surface area contributed by atoms with Crippen LogP contribution in [0.5, 0.6) is 0 Å². The van der Waals surface area contributed by atoms with Gasteiger partial charge in [0.1, 0.15) is 11.6 Å². The van der Waals surface area contributed by atoms with Gasteiger partial charge in [0.25, 0.3) is 0 Å². The predicted octanol–water partition coefficient (Wildman–Crippen LogP) is 7.19. The minimum Gasteiger partial charge on any atom is -0.300 e. The fourth-order valence-electron chi connectivity index (χ4n) is 3.12. The second kappa shape index (κ2) is 16.0. The molecule has 32 heavy (non-hydrogen) atoms. The number of carbonyl (C=O) groups excluding carboxylic acids is 1. The van der Waals surface area contributed by atoms with E-state index in [1.165, 1.54) is 22.8 Å². The number of Topliss-reactive ketones (excluding diaryl/α,β-unsaturated/α-hetero) is 1. The molecule has 5 heteroatoms. The van der Waals surface area contributed by atoms with Crippen molar-refractivity contribution in [1.29, 1.82) is 0 Å².